The topological polar surface area (TPSA) is 45.4 Å². The predicted molar refractivity (Wildman–Crippen MR) is 67.4 cm³/mol. The fourth-order valence-electron chi connectivity index (χ4n) is 1.92. The van der Waals surface area contributed by atoms with Gasteiger partial charge in [0, 0.05) is 26.2 Å². The van der Waals surface area contributed by atoms with Crippen LogP contribution in [0.3, 0.4) is 0 Å². The molecule has 1 aromatic rings. The van der Waals surface area contributed by atoms with Crippen molar-refractivity contribution in [3.05, 3.63) is 24.8 Å². The van der Waals surface area contributed by atoms with Gasteiger partial charge in [-0.3, -0.25) is 0 Å². The van der Waals surface area contributed by atoms with Gasteiger partial charge in [0.15, 0.2) is 0 Å². The van der Waals surface area contributed by atoms with Crippen molar-refractivity contribution >= 4 is 11.5 Å². The quantitative estimate of drug-likeness (QED) is 0.799. The molecule has 1 fully saturated rings. The molecule has 1 radical (unpaired) electrons. The van der Waals surface area contributed by atoms with Crippen LogP contribution in [-0.2, 0) is 6.42 Å². The van der Waals surface area contributed by atoms with Crippen LogP contribution in [-0.4, -0.2) is 43.1 Å². The Morgan fingerprint density at radius 1 is 1.38 bits per heavy atom. The molecule has 0 spiro atoms. The van der Waals surface area contributed by atoms with Crippen molar-refractivity contribution < 1.29 is 0 Å². The van der Waals surface area contributed by atoms with Crippen LogP contribution in [0, 0.1) is 6.92 Å². The highest BCUT2D eigenvalue weighted by Crippen LogP contribution is 2.19. The molecule has 0 aromatic carbocycles. The van der Waals surface area contributed by atoms with E-state index in [1.54, 1.807) is 6.20 Å². The van der Waals surface area contributed by atoms with Gasteiger partial charge in [-0.05, 0) is 32.0 Å². The molecule has 1 aliphatic heterocycles. The van der Waals surface area contributed by atoms with Crippen LogP contribution in [0.4, 0.5) is 11.5 Å². The number of anilines is 2. The third-order valence-electron chi connectivity index (χ3n) is 3.11. The molecule has 87 valence electrons. The molecule has 0 aliphatic carbocycles. The predicted octanol–water partition coefficient (Wildman–Crippen LogP) is 0.792. The number of nitrogens with two attached hydrogens (primary N) is 1. The summed E-state index contributed by atoms with van der Waals surface area (Å²) in [6.07, 6.45) is 2.46. The Kier molecular flexibility index (Phi) is 3.29. The van der Waals surface area contributed by atoms with E-state index in [-0.39, 0.29) is 0 Å². The van der Waals surface area contributed by atoms with E-state index in [1.165, 1.54) is 0 Å². The molecule has 1 saturated heterocycles. The highest BCUT2D eigenvalue weighted by atomic mass is 15.3. The number of rotatable bonds is 2. The number of nitrogen functional groups attached to an aromatic ring is 1. The number of likely N-dealkylation sites (N-methyl/N-ethyl adjacent to an activating group) is 1. The number of nitrogens with zero attached hydrogens (tertiary/aromatic N) is 3. The summed E-state index contributed by atoms with van der Waals surface area (Å²) >= 11 is 0. The van der Waals surface area contributed by atoms with Crippen molar-refractivity contribution in [1.29, 1.82) is 0 Å². The second-order valence-electron chi connectivity index (χ2n) is 4.28. The summed E-state index contributed by atoms with van der Waals surface area (Å²) in [5.41, 5.74) is 7.65. The zero-order valence-corrected chi connectivity index (χ0v) is 9.82. The number of aromatic nitrogens is 1. The first-order valence-corrected chi connectivity index (χ1v) is 5.68. The largest absolute Gasteiger partial charge is 0.397 e. The lowest BCUT2D eigenvalue weighted by atomic mass is 10.1. The lowest BCUT2D eigenvalue weighted by Crippen LogP contribution is -2.44. The first kappa shape index (κ1) is 11.2. The number of hydrogen-bond acceptors (Lipinski definition) is 4. The standard InChI is InChI=1S/C12H19N4/c1-3-10-8-12(14-9-11(10)13)16-6-4-15(2)5-7-16/h8-9H,1,3-7,13H2,2H3. The molecule has 4 heteroatoms. The van der Waals surface area contributed by atoms with Crippen LogP contribution in [0.25, 0.3) is 0 Å². The maximum atomic E-state index is 5.82. The average molecular weight is 219 g/mol. The summed E-state index contributed by atoms with van der Waals surface area (Å²) < 4.78 is 0. The minimum absolute atomic E-state index is 0.717. The fraction of sp³-hybridized carbons (Fsp3) is 0.500. The van der Waals surface area contributed by atoms with E-state index in [1.807, 2.05) is 0 Å². The first-order valence-electron chi connectivity index (χ1n) is 5.68. The summed E-state index contributed by atoms with van der Waals surface area (Å²) in [6, 6.07) is 2.06. The van der Waals surface area contributed by atoms with Crippen molar-refractivity contribution in [2.24, 2.45) is 0 Å². The average Bonchev–Trinajstić information content (AvgIpc) is 2.31. The van der Waals surface area contributed by atoms with Crippen LogP contribution >= 0.6 is 0 Å². The minimum Gasteiger partial charge on any atom is -0.397 e. The fourth-order valence-corrected chi connectivity index (χ4v) is 1.92. The van der Waals surface area contributed by atoms with E-state index in [9.17, 15) is 0 Å². The monoisotopic (exact) mass is 219 g/mol. The van der Waals surface area contributed by atoms with E-state index in [0.717, 1.165) is 49.7 Å². The number of hydrogen-bond donors (Lipinski definition) is 1. The summed E-state index contributed by atoms with van der Waals surface area (Å²) in [6.45, 7) is 8.12. The Hall–Kier alpha value is -1.29. The highest BCUT2D eigenvalue weighted by Gasteiger charge is 2.15. The van der Waals surface area contributed by atoms with E-state index < -0.39 is 0 Å². The molecule has 16 heavy (non-hydrogen) atoms. The second-order valence-corrected chi connectivity index (χ2v) is 4.28. The highest BCUT2D eigenvalue weighted by molar-refractivity contribution is 5.53. The SMILES string of the molecule is [CH2]Cc1cc(N2CCN(C)CC2)ncc1N. The molecular formula is C12H19N4. The van der Waals surface area contributed by atoms with E-state index >= 15 is 0 Å². The number of piperazine rings is 1. The van der Waals surface area contributed by atoms with Gasteiger partial charge in [0.25, 0.3) is 0 Å². The Morgan fingerprint density at radius 3 is 2.69 bits per heavy atom. The molecule has 0 amide bonds. The van der Waals surface area contributed by atoms with Crippen molar-refractivity contribution in [2.45, 2.75) is 6.42 Å². The summed E-state index contributed by atoms with van der Waals surface area (Å²) in [4.78, 5) is 9.02. The van der Waals surface area contributed by atoms with Crippen LogP contribution in [0.2, 0.25) is 0 Å². The molecule has 2 heterocycles. The van der Waals surface area contributed by atoms with Crippen molar-refractivity contribution in [3.63, 3.8) is 0 Å². The lowest BCUT2D eigenvalue weighted by molar-refractivity contribution is 0.312. The molecule has 0 atom stereocenters. The third kappa shape index (κ3) is 2.27. The smallest absolute Gasteiger partial charge is 0.128 e. The molecule has 2 N–H and O–H groups in total. The zero-order chi connectivity index (χ0) is 11.5. The molecule has 0 saturated carbocycles. The van der Waals surface area contributed by atoms with Crippen molar-refractivity contribution in [1.82, 2.24) is 9.88 Å². The molecule has 0 bridgehead atoms. The second kappa shape index (κ2) is 4.70. The maximum absolute atomic E-state index is 5.82. The van der Waals surface area contributed by atoms with Gasteiger partial charge in [0.1, 0.15) is 5.82 Å². The van der Waals surface area contributed by atoms with E-state index in [2.05, 4.69) is 34.8 Å². The normalized spacial score (nSPS) is 17.8. The van der Waals surface area contributed by atoms with Gasteiger partial charge in [-0.2, -0.15) is 0 Å². The lowest BCUT2D eigenvalue weighted by Gasteiger charge is -2.33. The van der Waals surface area contributed by atoms with Gasteiger partial charge < -0.3 is 15.5 Å². The Bertz CT molecular complexity index is 356. The minimum atomic E-state index is 0.717. The molecule has 2 rings (SSSR count). The van der Waals surface area contributed by atoms with Crippen molar-refractivity contribution in [2.75, 3.05) is 43.9 Å². The summed E-state index contributed by atoms with van der Waals surface area (Å²) in [5.74, 6) is 1.03. The molecule has 0 unspecified atom stereocenters. The molecule has 4 nitrogen and oxygen atoms in total. The van der Waals surface area contributed by atoms with Gasteiger partial charge in [-0.15, -0.1) is 0 Å². The first-order chi connectivity index (χ1) is 7.70. The summed E-state index contributed by atoms with van der Waals surface area (Å²) in [7, 11) is 2.15. The van der Waals surface area contributed by atoms with Crippen LogP contribution in [0.1, 0.15) is 5.56 Å². The van der Waals surface area contributed by atoms with Crippen molar-refractivity contribution in [3.8, 4) is 0 Å². The number of pyridine rings is 1. The Morgan fingerprint density at radius 2 is 2.06 bits per heavy atom. The van der Waals surface area contributed by atoms with Gasteiger partial charge in [0.2, 0.25) is 0 Å². The van der Waals surface area contributed by atoms with Gasteiger partial charge >= 0.3 is 0 Å². The van der Waals surface area contributed by atoms with Gasteiger partial charge in [0.05, 0.1) is 11.9 Å². The molecule has 1 aliphatic rings. The third-order valence-corrected chi connectivity index (χ3v) is 3.11. The van der Waals surface area contributed by atoms with E-state index in [0.29, 0.717) is 0 Å². The summed E-state index contributed by atoms with van der Waals surface area (Å²) in [5, 5.41) is 0. The Balaban J connectivity index is 2.14. The van der Waals surface area contributed by atoms with Crippen LogP contribution < -0.4 is 10.6 Å². The molecular weight excluding hydrogens is 200 g/mol. The van der Waals surface area contributed by atoms with Crippen LogP contribution in [0.5, 0.6) is 0 Å². The van der Waals surface area contributed by atoms with Gasteiger partial charge in [-0.25, -0.2) is 4.98 Å². The van der Waals surface area contributed by atoms with Crippen LogP contribution in [0.15, 0.2) is 12.3 Å². The van der Waals surface area contributed by atoms with E-state index in [4.69, 9.17) is 5.73 Å². The maximum Gasteiger partial charge on any atom is 0.128 e. The van der Waals surface area contributed by atoms with Gasteiger partial charge in [-0.1, -0.05) is 0 Å². The zero-order valence-electron chi connectivity index (χ0n) is 9.82. The molecule has 1 aromatic heterocycles. The Labute approximate surface area is 97.1 Å².